The van der Waals surface area contributed by atoms with Crippen molar-refractivity contribution in [1.82, 2.24) is 9.97 Å². The molecule has 2 aromatic heterocycles. The first-order valence-electron chi connectivity index (χ1n) is 8.31. The Kier molecular flexibility index (Phi) is 4.39. The van der Waals surface area contributed by atoms with Crippen LogP contribution in [0.1, 0.15) is 19.0 Å². The highest BCUT2D eigenvalue weighted by molar-refractivity contribution is 6.29. The maximum atomic E-state index is 6.10. The summed E-state index contributed by atoms with van der Waals surface area (Å²) < 4.78 is 11.0. The van der Waals surface area contributed by atoms with Crippen molar-refractivity contribution in [2.75, 3.05) is 37.9 Å². The molecule has 2 aromatic rings. The number of halogens is 1. The third kappa shape index (κ3) is 2.99. The third-order valence-corrected chi connectivity index (χ3v) is 4.80. The molecule has 0 N–H and O–H groups in total. The number of anilines is 1. The topological polar surface area (TPSA) is 47.5 Å². The molecule has 24 heavy (non-hydrogen) atoms. The smallest absolute Gasteiger partial charge is 0.163 e. The van der Waals surface area contributed by atoms with Gasteiger partial charge in [-0.2, -0.15) is 0 Å². The van der Waals surface area contributed by atoms with Gasteiger partial charge in [-0.25, -0.2) is 9.97 Å². The van der Waals surface area contributed by atoms with Gasteiger partial charge in [0.1, 0.15) is 5.15 Å². The zero-order valence-corrected chi connectivity index (χ0v) is 14.4. The van der Waals surface area contributed by atoms with Crippen LogP contribution in [0.25, 0.3) is 16.6 Å². The van der Waals surface area contributed by atoms with Crippen LogP contribution < -0.4 is 4.90 Å². The highest BCUT2D eigenvalue weighted by Crippen LogP contribution is 2.32. The fourth-order valence-electron chi connectivity index (χ4n) is 3.31. The van der Waals surface area contributed by atoms with Crippen LogP contribution in [0.2, 0.25) is 5.15 Å². The molecule has 1 fully saturated rings. The van der Waals surface area contributed by atoms with Crippen molar-refractivity contribution in [3.8, 4) is 0 Å². The molecular weight excluding hydrogens is 326 g/mol. The Hall–Kier alpha value is -1.69. The fraction of sp³-hybridized carbons (Fsp3) is 0.444. The van der Waals surface area contributed by atoms with E-state index < -0.39 is 0 Å². The van der Waals surface area contributed by atoms with Crippen molar-refractivity contribution >= 4 is 33.9 Å². The molecule has 4 heterocycles. The van der Waals surface area contributed by atoms with Crippen LogP contribution >= 0.6 is 11.6 Å². The SMILES string of the molecule is C[C@H]1COCCN1c1cc(C2=CCOCC2)nc2nc(Cl)ccc12. The van der Waals surface area contributed by atoms with Crippen LogP contribution in [0.15, 0.2) is 24.3 Å². The second kappa shape index (κ2) is 6.67. The molecule has 2 aliphatic rings. The molecule has 126 valence electrons. The number of morpholine rings is 1. The molecule has 0 aromatic carbocycles. The summed E-state index contributed by atoms with van der Waals surface area (Å²) in [5, 5.41) is 1.50. The molecular formula is C18H20ClN3O2. The summed E-state index contributed by atoms with van der Waals surface area (Å²) in [4.78, 5) is 11.6. The van der Waals surface area contributed by atoms with E-state index >= 15 is 0 Å². The minimum Gasteiger partial charge on any atom is -0.377 e. The summed E-state index contributed by atoms with van der Waals surface area (Å²) >= 11 is 6.10. The summed E-state index contributed by atoms with van der Waals surface area (Å²) in [6, 6.07) is 6.33. The van der Waals surface area contributed by atoms with Gasteiger partial charge in [0.05, 0.1) is 37.8 Å². The molecule has 0 saturated carbocycles. The van der Waals surface area contributed by atoms with Gasteiger partial charge in [0.15, 0.2) is 5.65 Å². The third-order valence-electron chi connectivity index (χ3n) is 4.59. The van der Waals surface area contributed by atoms with Crippen molar-refractivity contribution in [1.29, 1.82) is 0 Å². The molecule has 2 aliphatic heterocycles. The molecule has 0 radical (unpaired) electrons. The van der Waals surface area contributed by atoms with Gasteiger partial charge in [-0.15, -0.1) is 0 Å². The number of hydrogen-bond acceptors (Lipinski definition) is 5. The zero-order chi connectivity index (χ0) is 16.5. The molecule has 0 spiro atoms. The maximum absolute atomic E-state index is 6.10. The van der Waals surface area contributed by atoms with Crippen LogP contribution in [0, 0.1) is 0 Å². The average Bonchev–Trinajstić information content (AvgIpc) is 2.62. The largest absolute Gasteiger partial charge is 0.377 e. The maximum Gasteiger partial charge on any atom is 0.163 e. The molecule has 1 atom stereocenters. The average molecular weight is 346 g/mol. The van der Waals surface area contributed by atoms with E-state index in [0.717, 1.165) is 49.6 Å². The predicted molar refractivity (Wildman–Crippen MR) is 95.6 cm³/mol. The summed E-state index contributed by atoms with van der Waals surface area (Å²) in [5.41, 5.74) is 4.03. The van der Waals surface area contributed by atoms with Gasteiger partial charge in [0.2, 0.25) is 0 Å². The van der Waals surface area contributed by atoms with Gasteiger partial charge in [-0.3, -0.25) is 0 Å². The molecule has 1 saturated heterocycles. The van der Waals surface area contributed by atoms with Gasteiger partial charge >= 0.3 is 0 Å². The molecule has 0 amide bonds. The van der Waals surface area contributed by atoms with Crippen molar-refractivity contribution in [3.05, 3.63) is 35.1 Å². The van der Waals surface area contributed by atoms with Crippen LogP contribution in [-0.4, -0.2) is 49.0 Å². The summed E-state index contributed by atoms with van der Waals surface area (Å²) in [5.74, 6) is 0. The Labute approximate surface area is 146 Å². The lowest BCUT2D eigenvalue weighted by Crippen LogP contribution is -2.43. The number of nitrogens with zero attached hydrogens (tertiary/aromatic N) is 3. The molecule has 0 bridgehead atoms. The monoisotopic (exact) mass is 345 g/mol. The Morgan fingerprint density at radius 3 is 2.92 bits per heavy atom. The van der Waals surface area contributed by atoms with Gasteiger partial charge in [0, 0.05) is 18.0 Å². The summed E-state index contributed by atoms with van der Waals surface area (Å²) in [6.07, 6.45) is 2.98. The van der Waals surface area contributed by atoms with Gasteiger partial charge < -0.3 is 14.4 Å². The molecule has 0 aliphatic carbocycles. The fourth-order valence-corrected chi connectivity index (χ4v) is 3.45. The molecule has 0 unspecified atom stereocenters. The Morgan fingerprint density at radius 1 is 1.21 bits per heavy atom. The number of ether oxygens (including phenoxy) is 2. The number of hydrogen-bond donors (Lipinski definition) is 0. The second-order valence-corrected chi connectivity index (χ2v) is 6.59. The highest BCUT2D eigenvalue weighted by atomic mass is 35.5. The standard InChI is InChI=1S/C18H20ClN3O2/c1-12-11-24-9-6-22(12)16-10-15(13-4-7-23-8-5-13)20-18-14(16)2-3-17(19)21-18/h2-4,10,12H,5-9,11H2,1H3/t12-/m0/s1. The van der Waals surface area contributed by atoms with Crippen LogP contribution in [0.3, 0.4) is 0 Å². The Morgan fingerprint density at radius 2 is 2.12 bits per heavy atom. The van der Waals surface area contributed by atoms with E-state index in [1.54, 1.807) is 0 Å². The van der Waals surface area contributed by atoms with E-state index in [1.165, 1.54) is 5.57 Å². The quantitative estimate of drug-likeness (QED) is 0.781. The minimum atomic E-state index is 0.316. The normalized spacial score (nSPS) is 21.8. The Bertz CT molecular complexity index is 793. The van der Waals surface area contributed by atoms with E-state index in [-0.39, 0.29) is 0 Å². The molecule has 5 nitrogen and oxygen atoms in total. The lowest BCUT2D eigenvalue weighted by molar-refractivity contribution is 0.0991. The van der Waals surface area contributed by atoms with Crippen molar-refractivity contribution in [3.63, 3.8) is 0 Å². The van der Waals surface area contributed by atoms with Crippen molar-refractivity contribution < 1.29 is 9.47 Å². The predicted octanol–water partition coefficient (Wildman–Crippen LogP) is 3.31. The van der Waals surface area contributed by atoms with E-state index in [9.17, 15) is 0 Å². The van der Waals surface area contributed by atoms with E-state index in [0.29, 0.717) is 23.4 Å². The highest BCUT2D eigenvalue weighted by Gasteiger charge is 2.23. The Balaban J connectivity index is 1.87. The van der Waals surface area contributed by atoms with Crippen LogP contribution in [0.5, 0.6) is 0 Å². The minimum absolute atomic E-state index is 0.316. The van der Waals surface area contributed by atoms with E-state index in [2.05, 4.69) is 29.0 Å². The number of fused-ring (bicyclic) bond motifs is 1. The van der Waals surface area contributed by atoms with Crippen LogP contribution in [-0.2, 0) is 9.47 Å². The van der Waals surface area contributed by atoms with E-state index in [4.69, 9.17) is 26.1 Å². The van der Waals surface area contributed by atoms with Crippen molar-refractivity contribution in [2.45, 2.75) is 19.4 Å². The lowest BCUT2D eigenvalue weighted by atomic mass is 10.0. The van der Waals surface area contributed by atoms with E-state index in [1.807, 2.05) is 12.1 Å². The summed E-state index contributed by atoms with van der Waals surface area (Å²) in [7, 11) is 0. The van der Waals surface area contributed by atoms with Gasteiger partial charge in [0.25, 0.3) is 0 Å². The first kappa shape index (κ1) is 15.8. The summed E-state index contributed by atoms with van der Waals surface area (Å²) in [6.45, 7) is 5.89. The zero-order valence-electron chi connectivity index (χ0n) is 13.7. The van der Waals surface area contributed by atoms with Crippen molar-refractivity contribution in [2.24, 2.45) is 0 Å². The number of pyridine rings is 2. The first-order valence-corrected chi connectivity index (χ1v) is 8.69. The lowest BCUT2D eigenvalue weighted by Gasteiger charge is -2.36. The molecule has 4 rings (SSSR count). The number of rotatable bonds is 2. The molecule has 6 heteroatoms. The number of aromatic nitrogens is 2. The second-order valence-electron chi connectivity index (χ2n) is 6.20. The van der Waals surface area contributed by atoms with Gasteiger partial charge in [-0.1, -0.05) is 17.7 Å². The first-order chi connectivity index (χ1) is 11.7. The van der Waals surface area contributed by atoms with Gasteiger partial charge in [-0.05, 0) is 37.1 Å². The van der Waals surface area contributed by atoms with Crippen LogP contribution in [0.4, 0.5) is 5.69 Å².